The van der Waals surface area contributed by atoms with Gasteiger partial charge in [-0.2, -0.15) is 0 Å². The average molecular weight is 311 g/mol. The maximum Gasteiger partial charge on any atom is 0.311 e. The van der Waals surface area contributed by atoms with Crippen LogP contribution in [-0.2, 0) is 14.0 Å². The Bertz CT molecular complexity index is 453. The standard InChI is InChI=1S/C17H30O3Si/c1-16(2,3)21(5,6)20-17-8-7-11-9-12(13(17)10-11)14(17)15(18)19-4/h11-14H,7-10H2,1-6H3. The molecule has 4 heteroatoms. The summed E-state index contributed by atoms with van der Waals surface area (Å²) in [6.07, 6.45) is 4.78. The Hall–Kier alpha value is -0.353. The molecule has 0 N–H and O–H groups in total. The molecule has 5 atom stereocenters. The third-order valence-electron chi connectivity index (χ3n) is 6.94. The summed E-state index contributed by atoms with van der Waals surface area (Å²) in [5.41, 5.74) is -0.201. The Kier molecular flexibility index (Phi) is 3.38. The molecule has 0 heterocycles. The Balaban J connectivity index is 1.92. The highest BCUT2D eigenvalue weighted by Gasteiger charge is 2.71. The van der Waals surface area contributed by atoms with Crippen molar-refractivity contribution in [3.8, 4) is 0 Å². The van der Waals surface area contributed by atoms with Crippen molar-refractivity contribution in [1.29, 1.82) is 0 Å². The first-order valence-corrected chi connectivity index (χ1v) is 11.3. The van der Waals surface area contributed by atoms with Gasteiger partial charge in [0.25, 0.3) is 0 Å². The van der Waals surface area contributed by atoms with Crippen molar-refractivity contribution in [3.63, 3.8) is 0 Å². The Morgan fingerprint density at radius 3 is 2.48 bits per heavy atom. The lowest BCUT2D eigenvalue weighted by Crippen LogP contribution is -2.69. The van der Waals surface area contributed by atoms with E-state index in [9.17, 15) is 4.79 Å². The minimum absolute atomic E-state index is 0.00544. The lowest BCUT2D eigenvalue weighted by atomic mass is 9.53. The SMILES string of the molecule is COC(=O)C1C2CC3CCC1(O[Si](C)(C)C(C)(C)C)C2C3. The van der Waals surface area contributed by atoms with Gasteiger partial charge in [0.15, 0.2) is 8.32 Å². The molecular weight excluding hydrogens is 280 g/mol. The van der Waals surface area contributed by atoms with E-state index < -0.39 is 8.32 Å². The predicted octanol–water partition coefficient (Wildman–Crippen LogP) is 3.99. The summed E-state index contributed by atoms with van der Waals surface area (Å²) in [6.45, 7) is 11.5. The highest BCUT2D eigenvalue weighted by molar-refractivity contribution is 6.74. The number of rotatable bonds is 3. The number of fused-ring (bicyclic) bond motifs is 1. The summed E-state index contributed by atoms with van der Waals surface area (Å²) >= 11 is 0. The molecule has 3 saturated carbocycles. The van der Waals surface area contributed by atoms with E-state index in [1.165, 1.54) is 26.4 Å². The molecule has 2 bridgehead atoms. The molecule has 0 spiro atoms. The summed E-state index contributed by atoms with van der Waals surface area (Å²) < 4.78 is 12.0. The van der Waals surface area contributed by atoms with Crippen LogP contribution in [-0.4, -0.2) is 27.0 Å². The van der Waals surface area contributed by atoms with E-state index in [1.807, 2.05) is 0 Å². The zero-order valence-electron chi connectivity index (χ0n) is 14.4. The van der Waals surface area contributed by atoms with Gasteiger partial charge in [-0.05, 0) is 61.6 Å². The second-order valence-corrected chi connectivity index (χ2v) is 13.7. The molecule has 0 radical (unpaired) electrons. The highest BCUT2D eigenvalue weighted by atomic mass is 28.4. The van der Waals surface area contributed by atoms with Crippen molar-refractivity contribution in [2.24, 2.45) is 23.7 Å². The summed E-state index contributed by atoms with van der Waals surface area (Å²) in [6, 6.07) is 0. The van der Waals surface area contributed by atoms with Crippen LogP contribution in [0.1, 0.15) is 46.5 Å². The minimum Gasteiger partial charge on any atom is -0.469 e. The fourth-order valence-corrected chi connectivity index (χ4v) is 6.55. The van der Waals surface area contributed by atoms with Crippen LogP contribution in [0.5, 0.6) is 0 Å². The highest BCUT2D eigenvalue weighted by Crippen LogP contribution is 2.68. The van der Waals surface area contributed by atoms with Gasteiger partial charge in [0.2, 0.25) is 0 Å². The topological polar surface area (TPSA) is 35.5 Å². The van der Waals surface area contributed by atoms with Crippen molar-refractivity contribution >= 4 is 14.3 Å². The number of methoxy groups -OCH3 is 1. The minimum atomic E-state index is -1.87. The fourth-order valence-electron chi connectivity index (χ4n) is 4.91. The third-order valence-corrected chi connectivity index (χ3v) is 11.4. The molecule has 3 fully saturated rings. The molecule has 5 unspecified atom stereocenters. The molecule has 0 aliphatic heterocycles. The molecule has 0 aromatic heterocycles. The molecule has 0 aromatic rings. The second kappa shape index (κ2) is 4.57. The van der Waals surface area contributed by atoms with Gasteiger partial charge in [-0.1, -0.05) is 20.8 Å². The van der Waals surface area contributed by atoms with Gasteiger partial charge in [-0.15, -0.1) is 0 Å². The Morgan fingerprint density at radius 1 is 1.24 bits per heavy atom. The predicted molar refractivity (Wildman–Crippen MR) is 85.5 cm³/mol. The molecular formula is C17H30O3Si. The van der Waals surface area contributed by atoms with E-state index in [-0.39, 0.29) is 22.5 Å². The van der Waals surface area contributed by atoms with E-state index in [2.05, 4.69) is 33.9 Å². The van der Waals surface area contributed by atoms with Crippen LogP contribution >= 0.6 is 0 Å². The summed E-state index contributed by atoms with van der Waals surface area (Å²) in [4.78, 5) is 12.4. The zero-order valence-corrected chi connectivity index (χ0v) is 15.4. The molecule has 3 aliphatic rings. The second-order valence-electron chi connectivity index (χ2n) is 8.96. The van der Waals surface area contributed by atoms with Crippen LogP contribution in [0.15, 0.2) is 0 Å². The van der Waals surface area contributed by atoms with Crippen LogP contribution in [0, 0.1) is 23.7 Å². The Morgan fingerprint density at radius 2 is 1.90 bits per heavy atom. The molecule has 0 saturated heterocycles. The zero-order chi connectivity index (χ0) is 15.6. The number of esters is 1. The first kappa shape index (κ1) is 15.5. The first-order chi connectivity index (χ1) is 9.62. The maximum atomic E-state index is 12.4. The molecule has 0 amide bonds. The van der Waals surface area contributed by atoms with E-state index in [4.69, 9.17) is 9.16 Å². The normalized spacial score (nSPS) is 41.6. The molecule has 0 aromatic carbocycles. The van der Waals surface area contributed by atoms with Crippen molar-refractivity contribution in [2.75, 3.05) is 7.11 Å². The van der Waals surface area contributed by atoms with E-state index >= 15 is 0 Å². The number of ether oxygens (including phenoxy) is 1. The number of hydrogen-bond acceptors (Lipinski definition) is 3. The monoisotopic (exact) mass is 310 g/mol. The third kappa shape index (κ3) is 2.05. The Labute approximate surface area is 129 Å². The van der Waals surface area contributed by atoms with Crippen LogP contribution in [0.3, 0.4) is 0 Å². The van der Waals surface area contributed by atoms with Crippen LogP contribution in [0.2, 0.25) is 18.1 Å². The van der Waals surface area contributed by atoms with E-state index in [1.54, 1.807) is 0 Å². The lowest BCUT2D eigenvalue weighted by Gasteiger charge is -2.61. The van der Waals surface area contributed by atoms with Gasteiger partial charge < -0.3 is 9.16 Å². The smallest absolute Gasteiger partial charge is 0.311 e. The van der Waals surface area contributed by atoms with Gasteiger partial charge >= 0.3 is 5.97 Å². The van der Waals surface area contributed by atoms with Gasteiger partial charge in [-0.25, -0.2) is 0 Å². The van der Waals surface area contributed by atoms with Crippen molar-refractivity contribution < 1.29 is 14.0 Å². The summed E-state index contributed by atoms with van der Waals surface area (Å²) in [5.74, 6) is 1.92. The largest absolute Gasteiger partial charge is 0.469 e. The van der Waals surface area contributed by atoms with Crippen molar-refractivity contribution in [1.82, 2.24) is 0 Å². The van der Waals surface area contributed by atoms with Gasteiger partial charge in [0, 0.05) is 0 Å². The van der Waals surface area contributed by atoms with E-state index in [0.717, 1.165) is 12.3 Å². The summed E-state index contributed by atoms with van der Waals surface area (Å²) in [7, 11) is -0.350. The van der Waals surface area contributed by atoms with Crippen LogP contribution in [0.4, 0.5) is 0 Å². The van der Waals surface area contributed by atoms with Gasteiger partial charge in [0.05, 0.1) is 18.6 Å². The van der Waals surface area contributed by atoms with Gasteiger partial charge in [-0.3, -0.25) is 4.79 Å². The van der Waals surface area contributed by atoms with Crippen LogP contribution in [0.25, 0.3) is 0 Å². The van der Waals surface area contributed by atoms with Crippen molar-refractivity contribution in [3.05, 3.63) is 0 Å². The van der Waals surface area contributed by atoms with Crippen LogP contribution < -0.4 is 0 Å². The number of hydrogen-bond donors (Lipinski definition) is 0. The quantitative estimate of drug-likeness (QED) is 0.584. The van der Waals surface area contributed by atoms with Gasteiger partial charge in [0.1, 0.15) is 0 Å². The maximum absolute atomic E-state index is 12.4. The molecule has 120 valence electrons. The fraction of sp³-hybridized carbons (Fsp3) is 0.941. The molecule has 3 aliphatic carbocycles. The number of carbonyl (C=O) groups excluding carboxylic acids is 1. The number of carbonyl (C=O) groups is 1. The summed E-state index contributed by atoms with van der Waals surface area (Å²) in [5, 5.41) is 0.183. The first-order valence-electron chi connectivity index (χ1n) is 8.40. The molecule has 21 heavy (non-hydrogen) atoms. The average Bonchev–Trinajstić information content (AvgIpc) is 2.57. The van der Waals surface area contributed by atoms with Crippen molar-refractivity contribution in [2.45, 2.75) is 70.2 Å². The lowest BCUT2D eigenvalue weighted by molar-refractivity contribution is -0.205. The molecule has 3 rings (SSSR count). The molecule has 3 nitrogen and oxygen atoms in total. The van der Waals surface area contributed by atoms with E-state index in [0.29, 0.717) is 11.8 Å².